The second-order valence-corrected chi connectivity index (χ2v) is 4.76. The molecule has 0 aromatic carbocycles. The molecule has 1 heterocycles. The van der Waals surface area contributed by atoms with Crippen LogP contribution in [0.2, 0.25) is 0 Å². The van der Waals surface area contributed by atoms with Gasteiger partial charge in [0.2, 0.25) is 0 Å². The van der Waals surface area contributed by atoms with Crippen LogP contribution in [0.4, 0.5) is 0 Å². The first-order valence-corrected chi connectivity index (χ1v) is 5.80. The first-order chi connectivity index (χ1) is 6.36. The fraction of sp³-hybridized carbons (Fsp3) is 1.00. The first-order valence-electron chi connectivity index (χ1n) is 5.80. The highest BCUT2D eigenvalue weighted by Crippen LogP contribution is 2.29. The molecule has 0 aromatic rings. The summed E-state index contributed by atoms with van der Waals surface area (Å²) in [7, 11) is 0. The lowest BCUT2D eigenvalue weighted by Crippen LogP contribution is -2.30. The zero-order chi connectivity index (χ0) is 9.10. The maximum absolute atomic E-state index is 3.63. The van der Waals surface area contributed by atoms with Crippen molar-refractivity contribution in [1.29, 1.82) is 0 Å². The Morgan fingerprint density at radius 2 is 2.00 bits per heavy atom. The minimum Gasteiger partial charge on any atom is -0.317 e. The van der Waals surface area contributed by atoms with Crippen LogP contribution in [0.15, 0.2) is 0 Å². The van der Waals surface area contributed by atoms with Gasteiger partial charge in [-0.1, -0.05) is 6.92 Å². The minimum absolute atomic E-state index is 0.863. The Morgan fingerprint density at radius 3 is 2.62 bits per heavy atom. The second-order valence-electron chi connectivity index (χ2n) is 4.76. The molecular formula is C11H22N2. The van der Waals surface area contributed by atoms with Crippen LogP contribution >= 0.6 is 0 Å². The molecule has 76 valence electrons. The van der Waals surface area contributed by atoms with E-state index < -0.39 is 0 Å². The molecule has 2 rings (SSSR count). The Bertz CT molecular complexity index is 152. The van der Waals surface area contributed by atoms with Gasteiger partial charge in [-0.3, -0.25) is 0 Å². The number of hydrogen-bond acceptors (Lipinski definition) is 2. The number of piperidine rings is 1. The predicted octanol–water partition coefficient (Wildman–Crippen LogP) is 1.37. The molecule has 0 aromatic heterocycles. The molecule has 13 heavy (non-hydrogen) atoms. The van der Waals surface area contributed by atoms with E-state index in [0.29, 0.717) is 0 Å². The van der Waals surface area contributed by atoms with Crippen LogP contribution in [0.3, 0.4) is 0 Å². The monoisotopic (exact) mass is 182 g/mol. The molecule has 2 nitrogen and oxygen atoms in total. The number of hydrogen-bond donors (Lipinski definition) is 2. The van der Waals surface area contributed by atoms with E-state index in [1.54, 1.807) is 0 Å². The van der Waals surface area contributed by atoms with E-state index in [0.717, 1.165) is 17.9 Å². The van der Waals surface area contributed by atoms with Crippen molar-refractivity contribution in [1.82, 2.24) is 10.6 Å². The molecule has 1 aliphatic heterocycles. The van der Waals surface area contributed by atoms with Gasteiger partial charge in [0.05, 0.1) is 0 Å². The largest absolute Gasteiger partial charge is 0.317 e. The van der Waals surface area contributed by atoms with Gasteiger partial charge in [0.25, 0.3) is 0 Å². The molecule has 2 aliphatic rings. The SMILES string of the molecule is CC1CC1NCCC1CCNCC1. The third-order valence-corrected chi connectivity index (χ3v) is 3.53. The molecule has 1 saturated heterocycles. The zero-order valence-corrected chi connectivity index (χ0v) is 8.68. The summed E-state index contributed by atoms with van der Waals surface area (Å²) in [5.41, 5.74) is 0. The number of rotatable bonds is 4. The van der Waals surface area contributed by atoms with Gasteiger partial charge in [0, 0.05) is 6.04 Å². The first kappa shape index (κ1) is 9.47. The van der Waals surface area contributed by atoms with Crippen molar-refractivity contribution in [2.45, 2.75) is 38.6 Å². The molecule has 0 bridgehead atoms. The van der Waals surface area contributed by atoms with Gasteiger partial charge < -0.3 is 10.6 Å². The summed E-state index contributed by atoms with van der Waals surface area (Å²) < 4.78 is 0. The smallest absolute Gasteiger partial charge is 0.00963 e. The number of nitrogens with one attached hydrogen (secondary N) is 2. The Morgan fingerprint density at radius 1 is 1.31 bits per heavy atom. The molecule has 0 radical (unpaired) electrons. The average molecular weight is 182 g/mol. The highest BCUT2D eigenvalue weighted by atomic mass is 15.0. The van der Waals surface area contributed by atoms with E-state index in [9.17, 15) is 0 Å². The second kappa shape index (κ2) is 4.43. The highest BCUT2D eigenvalue weighted by Gasteiger charge is 2.31. The van der Waals surface area contributed by atoms with Crippen LogP contribution in [0, 0.1) is 11.8 Å². The fourth-order valence-corrected chi connectivity index (χ4v) is 2.25. The van der Waals surface area contributed by atoms with Crippen molar-refractivity contribution in [3.8, 4) is 0 Å². The quantitative estimate of drug-likeness (QED) is 0.686. The molecule has 2 atom stereocenters. The Kier molecular flexibility index (Phi) is 3.23. The normalized spacial score (nSPS) is 34.8. The molecule has 2 N–H and O–H groups in total. The summed E-state index contributed by atoms with van der Waals surface area (Å²) in [4.78, 5) is 0. The van der Waals surface area contributed by atoms with E-state index in [1.165, 1.54) is 45.3 Å². The Labute approximate surface area is 81.5 Å². The van der Waals surface area contributed by atoms with Crippen LogP contribution in [-0.4, -0.2) is 25.7 Å². The van der Waals surface area contributed by atoms with E-state index in [2.05, 4.69) is 17.6 Å². The molecule has 2 fully saturated rings. The Balaban J connectivity index is 1.51. The standard InChI is InChI=1S/C11H22N2/c1-9-8-11(9)13-7-4-10-2-5-12-6-3-10/h9-13H,2-8H2,1H3. The van der Waals surface area contributed by atoms with Crippen molar-refractivity contribution in [2.75, 3.05) is 19.6 Å². The van der Waals surface area contributed by atoms with Crippen LogP contribution in [0.5, 0.6) is 0 Å². The maximum Gasteiger partial charge on any atom is 0.00963 e. The van der Waals surface area contributed by atoms with Gasteiger partial charge in [0.1, 0.15) is 0 Å². The predicted molar refractivity (Wildman–Crippen MR) is 55.8 cm³/mol. The molecule has 2 heteroatoms. The summed E-state index contributed by atoms with van der Waals surface area (Å²) in [6, 6.07) is 0.863. The van der Waals surface area contributed by atoms with Crippen LogP contribution in [0.25, 0.3) is 0 Å². The van der Waals surface area contributed by atoms with Crippen molar-refractivity contribution in [3.05, 3.63) is 0 Å². The Hall–Kier alpha value is -0.0800. The lowest BCUT2D eigenvalue weighted by molar-refractivity contribution is 0.347. The fourth-order valence-electron chi connectivity index (χ4n) is 2.25. The molecule has 0 amide bonds. The maximum atomic E-state index is 3.63. The molecule has 0 spiro atoms. The third-order valence-electron chi connectivity index (χ3n) is 3.53. The van der Waals surface area contributed by atoms with Gasteiger partial charge in [0.15, 0.2) is 0 Å². The van der Waals surface area contributed by atoms with Crippen molar-refractivity contribution in [2.24, 2.45) is 11.8 Å². The molecule has 2 unspecified atom stereocenters. The van der Waals surface area contributed by atoms with Gasteiger partial charge in [-0.15, -0.1) is 0 Å². The van der Waals surface area contributed by atoms with Crippen LogP contribution in [-0.2, 0) is 0 Å². The van der Waals surface area contributed by atoms with E-state index in [4.69, 9.17) is 0 Å². The van der Waals surface area contributed by atoms with Crippen LogP contribution < -0.4 is 10.6 Å². The van der Waals surface area contributed by atoms with Gasteiger partial charge in [-0.2, -0.15) is 0 Å². The highest BCUT2D eigenvalue weighted by molar-refractivity contribution is 4.89. The van der Waals surface area contributed by atoms with Gasteiger partial charge >= 0.3 is 0 Å². The summed E-state index contributed by atoms with van der Waals surface area (Å²) in [6.07, 6.45) is 5.58. The summed E-state index contributed by atoms with van der Waals surface area (Å²) in [5, 5.41) is 7.05. The van der Waals surface area contributed by atoms with Crippen molar-refractivity contribution in [3.63, 3.8) is 0 Å². The van der Waals surface area contributed by atoms with Gasteiger partial charge in [-0.05, 0) is 57.2 Å². The van der Waals surface area contributed by atoms with Crippen molar-refractivity contribution < 1.29 is 0 Å². The molecule has 1 saturated carbocycles. The zero-order valence-electron chi connectivity index (χ0n) is 8.68. The molecule has 1 aliphatic carbocycles. The van der Waals surface area contributed by atoms with Crippen molar-refractivity contribution >= 4 is 0 Å². The third kappa shape index (κ3) is 2.96. The summed E-state index contributed by atoms with van der Waals surface area (Å²) >= 11 is 0. The average Bonchev–Trinajstić information content (AvgIpc) is 2.84. The summed E-state index contributed by atoms with van der Waals surface area (Å²) in [5.74, 6) is 1.94. The topological polar surface area (TPSA) is 24.1 Å². The van der Waals surface area contributed by atoms with E-state index in [-0.39, 0.29) is 0 Å². The van der Waals surface area contributed by atoms with E-state index in [1.807, 2.05) is 0 Å². The van der Waals surface area contributed by atoms with Crippen LogP contribution in [0.1, 0.15) is 32.6 Å². The molecular weight excluding hydrogens is 160 g/mol. The lowest BCUT2D eigenvalue weighted by atomic mass is 9.95. The minimum atomic E-state index is 0.863. The van der Waals surface area contributed by atoms with Gasteiger partial charge in [-0.25, -0.2) is 0 Å². The lowest BCUT2D eigenvalue weighted by Gasteiger charge is -2.22. The summed E-state index contributed by atoms with van der Waals surface area (Å²) in [6.45, 7) is 6.07. The van der Waals surface area contributed by atoms with E-state index >= 15 is 0 Å².